The molecule has 4 aromatic rings. The van der Waals surface area contributed by atoms with Gasteiger partial charge in [0.15, 0.2) is 11.5 Å². The standard InChI is InChI=1S/C32H37N5O3/c1-24(36-40-22-25-10-5-3-6-11-25)26-12-14-27(15-13-26)35-32-28-20-30(38-2)31(21-29(28)33-23-34-32)39-19-9-18-37-16-7-4-8-17-37/h3,5-6,10-15,20-21,23H,4,7-9,16-19,22H2,1-2H3,(H,33,34,35). The van der Waals surface area contributed by atoms with Gasteiger partial charge in [0.25, 0.3) is 0 Å². The van der Waals surface area contributed by atoms with Gasteiger partial charge in [0.05, 0.1) is 24.9 Å². The topological polar surface area (TPSA) is 81.1 Å². The minimum absolute atomic E-state index is 0.438. The first-order chi connectivity index (χ1) is 19.7. The molecule has 0 aliphatic carbocycles. The highest BCUT2D eigenvalue weighted by atomic mass is 16.6. The van der Waals surface area contributed by atoms with E-state index in [0.29, 0.717) is 30.5 Å². The monoisotopic (exact) mass is 539 g/mol. The highest BCUT2D eigenvalue weighted by Gasteiger charge is 2.13. The van der Waals surface area contributed by atoms with E-state index in [0.717, 1.165) is 46.4 Å². The van der Waals surface area contributed by atoms with Gasteiger partial charge in [0.1, 0.15) is 18.8 Å². The molecule has 0 saturated carbocycles. The predicted octanol–water partition coefficient (Wildman–Crippen LogP) is 6.58. The number of anilines is 2. The lowest BCUT2D eigenvalue weighted by Gasteiger charge is -2.26. The smallest absolute Gasteiger partial charge is 0.163 e. The van der Waals surface area contributed by atoms with Crippen LogP contribution < -0.4 is 14.8 Å². The van der Waals surface area contributed by atoms with Crippen molar-refractivity contribution >= 4 is 28.1 Å². The average molecular weight is 540 g/mol. The van der Waals surface area contributed by atoms with Crippen LogP contribution in [0.25, 0.3) is 10.9 Å². The van der Waals surface area contributed by atoms with E-state index in [9.17, 15) is 0 Å². The third-order valence-electron chi connectivity index (χ3n) is 7.09. The summed E-state index contributed by atoms with van der Waals surface area (Å²) in [5.41, 5.74) is 4.56. The number of piperidine rings is 1. The van der Waals surface area contributed by atoms with E-state index in [2.05, 4.69) is 25.3 Å². The van der Waals surface area contributed by atoms with Crippen molar-refractivity contribution in [1.82, 2.24) is 14.9 Å². The van der Waals surface area contributed by atoms with Gasteiger partial charge in [-0.15, -0.1) is 0 Å². The van der Waals surface area contributed by atoms with Crippen molar-refractivity contribution in [2.24, 2.45) is 5.16 Å². The molecule has 1 aromatic heterocycles. The zero-order valence-electron chi connectivity index (χ0n) is 23.3. The van der Waals surface area contributed by atoms with Gasteiger partial charge in [-0.3, -0.25) is 0 Å². The van der Waals surface area contributed by atoms with Gasteiger partial charge >= 0.3 is 0 Å². The van der Waals surface area contributed by atoms with Crippen molar-refractivity contribution in [2.45, 2.75) is 39.2 Å². The van der Waals surface area contributed by atoms with Crippen LogP contribution in [0.4, 0.5) is 11.5 Å². The van der Waals surface area contributed by atoms with Crippen molar-refractivity contribution in [2.75, 3.05) is 38.7 Å². The van der Waals surface area contributed by atoms with Crippen LogP contribution in [0.1, 0.15) is 43.7 Å². The Morgan fingerprint density at radius 3 is 2.52 bits per heavy atom. The van der Waals surface area contributed by atoms with Gasteiger partial charge in [-0.1, -0.05) is 54.0 Å². The van der Waals surface area contributed by atoms with Crippen LogP contribution in [-0.2, 0) is 11.4 Å². The summed E-state index contributed by atoms with van der Waals surface area (Å²) in [6.07, 6.45) is 6.50. The van der Waals surface area contributed by atoms with Crippen molar-refractivity contribution in [1.29, 1.82) is 0 Å². The average Bonchev–Trinajstić information content (AvgIpc) is 3.00. The second-order valence-corrected chi connectivity index (χ2v) is 9.98. The summed E-state index contributed by atoms with van der Waals surface area (Å²) in [5.74, 6) is 2.07. The fourth-order valence-corrected chi connectivity index (χ4v) is 4.85. The number of nitrogens with one attached hydrogen (secondary N) is 1. The van der Waals surface area contributed by atoms with Crippen molar-refractivity contribution < 1.29 is 14.3 Å². The molecule has 0 spiro atoms. The van der Waals surface area contributed by atoms with Gasteiger partial charge < -0.3 is 24.5 Å². The molecule has 208 valence electrons. The molecule has 1 fully saturated rings. The van der Waals surface area contributed by atoms with E-state index in [-0.39, 0.29) is 0 Å². The predicted molar refractivity (Wildman–Crippen MR) is 160 cm³/mol. The number of nitrogens with zero attached hydrogens (tertiary/aromatic N) is 4. The first-order valence-corrected chi connectivity index (χ1v) is 14.0. The summed E-state index contributed by atoms with van der Waals surface area (Å²) in [6, 6.07) is 21.9. The molecule has 0 atom stereocenters. The van der Waals surface area contributed by atoms with Crippen LogP contribution in [0.5, 0.6) is 11.5 Å². The molecule has 1 N–H and O–H groups in total. The van der Waals surface area contributed by atoms with Crippen molar-refractivity contribution in [3.05, 3.63) is 84.2 Å². The molecule has 40 heavy (non-hydrogen) atoms. The summed E-state index contributed by atoms with van der Waals surface area (Å²) in [5, 5.41) is 8.54. The molecule has 0 radical (unpaired) electrons. The Balaban J connectivity index is 1.22. The second-order valence-electron chi connectivity index (χ2n) is 9.98. The maximum Gasteiger partial charge on any atom is 0.163 e. The highest BCUT2D eigenvalue weighted by molar-refractivity contribution is 5.99. The number of oxime groups is 1. The molecule has 0 bridgehead atoms. The number of methoxy groups -OCH3 is 1. The second kappa shape index (κ2) is 13.8. The summed E-state index contributed by atoms with van der Waals surface area (Å²) in [4.78, 5) is 17.0. The van der Waals surface area contributed by atoms with Crippen molar-refractivity contribution in [3.63, 3.8) is 0 Å². The van der Waals surface area contributed by atoms with Crippen LogP contribution in [0.2, 0.25) is 0 Å². The Morgan fingerprint density at radius 2 is 1.75 bits per heavy atom. The number of aromatic nitrogens is 2. The maximum atomic E-state index is 6.12. The molecule has 3 aromatic carbocycles. The molecule has 8 nitrogen and oxygen atoms in total. The Hall–Kier alpha value is -4.17. The number of ether oxygens (including phenoxy) is 2. The number of hydrogen-bond donors (Lipinski definition) is 1. The van der Waals surface area contributed by atoms with Crippen LogP contribution in [0.3, 0.4) is 0 Å². The van der Waals surface area contributed by atoms with Gasteiger partial charge in [-0.25, -0.2) is 9.97 Å². The lowest BCUT2D eigenvalue weighted by molar-refractivity contribution is 0.130. The van der Waals surface area contributed by atoms with E-state index in [4.69, 9.17) is 14.3 Å². The number of benzene rings is 3. The lowest BCUT2D eigenvalue weighted by atomic mass is 10.1. The fraction of sp³-hybridized carbons (Fsp3) is 0.344. The molecule has 2 heterocycles. The summed E-state index contributed by atoms with van der Waals surface area (Å²) in [7, 11) is 1.66. The summed E-state index contributed by atoms with van der Waals surface area (Å²) >= 11 is 0. The van der Waals surface area contributed by atoms with Crippen LogP contribution >= 0.6 is 0 Å². The minimum Gasteiger partial charge on any atom is -0.493 e. The molecule has 8 heteroatoms. The fourth-order valence-electron chi connectivity index (χ4n) is 4.85. The Kier molecular flexibility index (Phi) is 9.42. The minimum atomic E-state index is 0.438. The first kappa shape index (κ1) is 27.4. The summed E-state index contributed by atoms with van der Waals surface area (Å²) in [6.45, 7) is 6.48. The maximum absolute atomic E-state index is 6.12. The zero-order valence-corrected chi connectivity index (χ0v) is 23.3. The summed E-state index contributed by atoms with van der Waals surface area (Å²) < 4.78 is 11.8. The molecule has 1 aliphatic rings. The third kappa shape index (κ3) is 7.27. The number of fused-ring (bicyclic) bond motifs is 1. The van der Waals surface area contributed by atoms with E-state index < -0.39 is 0 Å². The molecule has 0 amide bonds. The number of likely N-dealkylation sites (tertiary alicyclic amines) is 1. The van der Waals surface area contributed by atoms with Crippen LogP contribution in [0.15, 0.2) is 78.2 Å². The Bertz CT molecular complexity index is 1400. The van der Waals surface area contributed by atoms with Gasteiger partial charge in [0, 0.05) is 23.7 Å². The third-order valence-corrected chi connectivity index (χ3v) is 7.09. The van der Waals surface area contributed by atoms with E-state index in [1.54, 1.807) is 13.4 Å². The Morgan fingerprint density at radius 1 is 0.950 bits per heavy atom. The highest BCUT2D eigenvalue weighted by Crippen LogP contribution is 2.35. The van der Waals surface area contributed by atoms with E-state index >= 15 is 0 Å². The van der Waals surface area contributed by atoms with Gasteiger partial charge in [0.2, 0.25) is 0 Å². The normalized spacial score (nSPS) is 14.2. The first-order valence-electron chi connectivity index (χ1n) is 14.0. The lowest BCUT2D eigenvalue weighted by Crippen LogP contribution is -2.31. The Labute approximate surface area is 236 Å². The number of rotatable bonds is 12. The zero-order chi connectivity index (χ0) is 27.6. The van der Waals surface area contributed by atoms with E-state index in [1.807, 2.05) is 73.7 Å². The quantitative estimate of drug-likeness (QED) is 0.124. The molecule has 1 aliphatic heterocycles. The molecule has 5 rings (SSSR count). The number of hydrogen-bond acceptors (Lipinski definition) is 8. The van der Waals surface area contributed by atoms with E-state index in [1.165, 1.54) is 32.4 Å². The molecular formula is C32H37N5O3. The molecular weight excluding hydrogens is 502 g/mol. The molecule has 0 unspecified atom stereocenters. The van der Waals surface area contributed by atoms with Crippen LogP contribution in [-0.4, -0.2) is 53.9 Å². The SMILES string of the molecule is COc1cc2c(Nc3ccc(C(C)=NOCc4ccccc4)cc3)ncnc2cc1OCCCN1CCCCC1. The largest absolute Gasteiger partial charge is 0.493 e. The molecule has 1 saturated heterocycles. The van der Waals surface area contributed by atoms with Gasteiger partial charge in [-0.05, 0) is 68.6 Å². The van der Waals surface area contributed by atoms with Crippen molar-refractivity contribution in [3.8, 4) is 11.5 Å². The van der Waals surface area contributed by atoms with Gasteiger partial charge in [-0.2, -0.15) is 0 Å². The van der Waals surface area contributed by atoms with Crippen LogP contribution in [0, 0.1) is 0 Å².